The van der Waals surface area contributed by atoms with Crippen LogP contribution in [0.4, 0.5) is 0 Å². The number of allylic oxidation sites excluding steroid dienone is 2. The van der Waals surface area contributed by atoms with Crippen LogP contribution < -0.4 is 0 Å². The fourth-order valence-electron chi connectivity index (χ4n) is 0.788. The SMILES string of the molecule is CCC(O)CCO/C(C)=C/C=NC. The van der Waals surface area contributed by atoms with E-state index in [1.165, 1.54) is 0 Å². The Bertz CT molecular complexity index is 176. The third kappa shape index (κ3) is 7.53. The molecule has 0 aliphatic heterocycles. The summed E-state index contributed by atoms with van der Waals surface area (Å²) in [4.78, 5) is 3.80. The van der Waals surface area contributed by atoms with Gasteiger partial charge in [-0.15, -0.1) is 0 Å². The first-order chi connectivity index (χ1) is 6.20. The second kappa shape index (κ2) is 7.80. The summed E-state index contributed by atoms with van der Waals surface area (Å²) in [6.45, 7) is 4.39. The van der Waals surface area contributed by atoms with E-state index in [4.69, 9.17) is 4.74 Å². The van der Waals surface area contributed by atoms with Gasteiger partial charge in [-0.25, -0.2) is 0 Å². The number of aliphatic hydroxyl groups excluding tert-OH is 1. The third-order valence-corrected chi connectivity index (χ3v) is 1.71. The Morgan fingerprint density at radius 1 is 1.62 bits per heavy atom. The fraction of sp³-hybridized carbons (Fsp3) is 0.700. The number of aliphatic imine (C=N–C) groups is 1. The van der Waals surface area contributed by atoms with Crippen molar-refractivity contribution in [1.82, 2.24) is 0 Å². The summed E-state index contributed by atoms with van der Waals surface area (Å²) < 4.78 is 5.33. The molecule has 76 valence electrons. The number of hydrogen-bond donors (Lipinski definition) is 1. The van der Waals surface area contributed by atoms with Gasteiger partial charge in [0, 0.05) is 19.7 Å². The highest BCUT2D eigenvalue weighted by Crippen LogP contribution is 2.00. The maximum Gasteiger partial charge on any atom is 0.0944 e. The summed E-state index contributed by atoms with van der Waals surface area (Å²) in [5, 5.41) is 9.22. The zero-order valence-electron chi connectivity index (χ0n) is 8.66. The maximum absolute atomic E-state index is 9.22. The molecule has 0 rings (SSSR count). The van der Waals surface area contributed by atoms with Crippen molar-refractivity contribution >= 4 is 6.21 Å². The number of hydrogen-bond acceptors (Lipinski definition) is 3. The molecule has 0 aliphatic rings. The highest BCUT2D eigenvalue weighted by atomic mass is 16.5. The normalized spacial score (nSPS) is 14.9. The molecule has 0 amide bonds. The Kier molecular flexibility index (Phi) is 7.30. The van der Waals surface area contributed by atoms with Gasteiger partial charge in [0.2, 0.25) is 0 Å². The number of nitrogens with zero attached hydrogens (tertiary/aromatic N) is 1. The molecule has 3 nitrogen and oxygen atoms in total. The van der Waals surface area contributed by atoms with Crippen LogP contribution in [0, 0.1) is 0 Å². The van der Waals surface area contributed by atoms with Crippen LogP contribution in [0.2, 0.25) is 0 Å². The molecular formula is C10H19NO2. The lowest BCUT2D eigenvalue weighted by molar-refractivity contribution is 0.113. The van der Waals surface area contributed by atoms with Crippen molar-refractivity contribution in [2.75, 3.05) is 13.7 Å². The van der Waals surface area contributed by atoms with Crippen LogP contribution in [0.15, 0.2) is 16.8 Å². The molecule has 0 radical (unpaired) electrons. The first kappa shape index (κ1) is 12.2. The molecule has 0 heterocycles. The molecule has 1 unspecified atom stereocenters. The molecule has 0 aliphatic carbocycles. The van der Waals surface area contributed by atoms with Gasteiger partial charge in [0.1, 0.15) is 0 Å². The first-order valence-corrected chi connectivity index (χ1v) is 4.60. The van der Waals surface area contributed by atoms with Crippen molar-refractivity contribution < 1.29 is 9.84 Å². The van der Waals surface area contributed by atoms with Gasteiger partial charge < -0.3 is 9.84 Å². The van der Waals surface area contributed by atoms with Crippen molar-refractivity contribution in [1.29, 1.82) is 0 Å². The Morgan fingerprint density at radius 3 is 2.85 bits per heavy atom. The molecule has 0 spiro atoms. The van der Waals surface area contributed by atoms with Gasteiger partial charge >= 0.3 is 0 Å². The molecule has 0 aromatic rings. The monoisotopic (exact) mass is 185 g/mol. The van der Waals surface area contributed by atoms with Gasteiger partial charge in [0.05, 0.1) is 18.5 Å². The fourth-order valence-corrected chi connectivity index (χ4v) is 0.788. The molecule has 0 fully saturated rings. The molecule has 0 saturated heterocycles. The maximum atomic E-state index is 9.22. The summed E-state index contributed by atoms with van der Waals surface area (Å²) in [5.74, 6) is 0.828. The van der Waals surface area contributed by atoms with E-state index in [0.717, 1.165) is 12.2 Å². The highest BCUT2D eigenvalue weighted by molar-refractivity contribution is 5.71. The minimum Gasteiger partial charge on any atom is -0.498 e. The molecule has 13 heavy (non-hydrogen) atoms. The largest absolute Gasteiger partial charge is 0.498 e. The van der Waals surface area contributed by atoms with Crippen molar-refractivity contribution in [2.24, 2.45) is 4.99 Å². The second-order valence-electron chi connectivity index (χ2n) is 2.88. The molecular weight excluding hydrogens is 166 g/mol. The smallest absolute Gasteiger partial charge is 0.0944 e. The Hall–Kier alpha value is -0.830. The molecule has 0 aromatic carbocycles. The summed E-state index contributed by atoms with van der Waals surface area (Å²) >= 11 is 0. The van der Waals surface area contributed by atoms with Gasteiger partial charge in [0.15, 0.2) is 0 Å². The van der Waals surface area contributed by atoms with E-state index in [-0.39, 0.29) is 6.10 Å². The zero-order valence-corrected chi connectivity index (χ0v) is 8.66. The predicted octanol–water partition coefficient (Wildman–Crippen LogP) is 1.77. The van der Waals surface area contributed by atoms with E-state index in [1.807, 2.05) is 13.8 Å². The molecule has 1 atom stereocenters. The first-order valence-electron chi connectivity index (χ1n) is 4.60. The molecule has 0 saturated carbocycles. The average Bonchev–Trinajstić information content (AvgIpc) is 2.14. The van der Waals surface area contributed by atoms with Crippen molar-refractivity contribution in [3.05, 3.63) is 11.8 Å². The van der Waals surface area contributed by atoms with Gasteiger partial charge in [-0.2, -0.15) is 0 Å². The van der Waals surface area contributed by atoms with Crippen LogP contribution in [0.3, 0.4) is 0 Å². The zero-order chi connectivity index (χ0) is 10.1. The lowest BCUT2D eigenvalue weighted by Gasteiger charge is -2.08. The summed E-state index contributed by atoms with van der Waals surface area (Å²) in [7, 11) is 1.71. The second-order valence-corrected chi connectivity index (χ2v) is 2.88. The van der Waals surface area contributed by atoms with Crippen LogP contribution in [-0.4, -0.2) is 31.1 Å². The minimum atomic E-state index is -0.243. The van der Waals surface area contributed by atoms with E-state index in [1.54, 1.807) is 19.3 Å². The lowest BCUT2D eigenvalue weighted by atomic mass is 10.2. The van der Waals surface area contributed by atoms with E-state index >= 15 is 0 Å². The average molecular weight is 185 g/mol. The third-order valence-electron chi connectivity index (χ3n) is 1.71. The highest BCUT2D eigenvalue weighted by Gasteiger charge is 1.99. The summed E-state index contributed by atoms with van der Waals surface area (Å²) in [6.07, 6.45) is 4.71. The van der Waals surface area contributed by atoms with Crippen LogP contribution >= 0.6 is 0 Å². The van der Waals surface area contributed by atoms with Crippen LogP contribution in [0.1, 0.15) is 26.7 Å². The van der Waals surface area contributed by atoms with Crippen LogP contribution in [0.25, 0.3) is 0 Å². The van der Waals surface area contributed by atoms with E-state index in [2.05, 4.69) is 4.99 Å². The molecule has 0 aromatic heterocycles. The molecule has 1 N–H and O–H groups in total. The van der Waals surface area contributed by atoms with E-state index < -0.39 is 0 Å². The number of aliphatic hydroxyl groups is 1. The van der Waals surface area contributed by atoms with Crippen molar-refractivity contribution in [3.8, 4) is 0 Å². The van der Waals surface area contributed by atoms with Gasteiger partial charge in [-0.3, -0.25) is 4.99 Å². The van der Waals surface area contributed by atoms with E-state index in [9.17, 15) is 5.11 Å². The van der Waals surface area contributed by atoms with Crippen molar-refractivity contribution in [2.45, 2.75) is 32.8 Å². The quantitative estimate of drug-likeness (QED) is 0.506. The molecule has 3 heteroatoms. The van der Waals surface area contributed by atoms with Gasteiger partial charge in [-0.1, -0.05) is 6.92 Å². The lowest BCUT2D eigenvalue weighted by Crippen LogP contribution is -2.08. The Balaban J connectivity index is 3.52. The van der Waals surface area contributed by atoms with E-state index in [0.29, 0.717) is 13.0 Å². The number of rotatable bonds is 6. The Labute approximate surface area is 80.1 Å². The Morgan fingerprint density at radius 2 is 2.31 bits per heavy atom. The standard InChI is InChI=1S/C10H19NO2/c1-4-10(12)6-8-13-9(2)5-7-11-3/h5,7,10,12H,4,6,8H2,1-3H3/b9-5+,11-7?. The van der Waals surface area contributed by atoms with Crippen LogP contribution in [0.5, 0.6) is 0 Å². The molecule has 0 bridgehead atoms. The summed E-state index contributed by atoms with van der Waals surface area (Å²) in [6, 6.07) is 0. The van der Waals surface area contributed by atoms with Gasteiger partial charge in [0.25, 0.3) is 0 Å². The minimum absolute atomic E-state index is 0.243. The van der Waals surface area contributed by atoms with Crippen LogP contribution in [-0.2, 0) is 4.74 Å². The topological polar surface area (TPSA) is 41.8 Å². The predicted molar refractivity (Wildman–Crippen MR) is 55.0 cm³/mol. The van der Waals surface area contributed by atoms with Crippen molar-refractivity contribution in [3.63, 3.8) is 0 Å². The summed E-state index contributed by atoms with van der Waals surface area (Å²) in [5.41, 5.74) is 0. The van der Waals surface area contributed by atoms with Gasteiger partial charge in [-0.05, 0) is 19.4 Å². The number of ether oxygens (including phenoxy) is 1.